The molecule has 0 spiro atoms. The average molecular weight is 473 g/mol. The van der Waals surface area contributed by atoms with Gasteiger partial charge in [-0.1, -0.05) is 49.7 Å². The zero-order valence-corrected chi connectivity index (χ0v) is 21.0. The number of carbonyl (C=O) groups excluding carboxylic acids is 1. The Morgan fingerprint density at radius 1 is 1.00 bits per heavy atom. The number of benzene rings is 2. The maximum atomic E-state index is 13.2. The van der Waals surface area contributed by atoms with Gasteiger partial charge in [0.25, 0.3) is 0 Å². The number of amides is 1. The Kier molecular flexibility index (Phi) is 7.05. The summed E-state index contributed by atoms with van der Waals surface area (Å²) in [5, 5.41) is 0. The van der Waals surface area contributed by atoms with E-state index in [0.29, 0.717) is 25.3 Å². The third-order valence-corrected chi connectivity index (χ3v) is 6.31. The van der Waals surface area contributed by atoms with E-state index in [0.717, 1.165) is 39.1 Å². The van der Waals surface area contributed by atoms with E-state index < -0.39 is 0 Å². The number of hydrogen-bond acceptors (Lipinski definition) is 4. The van der Waals surface area contributed by atoms with Gasteiger partial charge in [0, 0.05) is 31.4 Å². The fraction of sp³-hybridized carbons (Fsp3) is 0.321. The Morgan fingerprint density at radius 2 is 1.77 bits per heavy atom. The van der Waals surface area contributed by atoms with Gasteiger partial charge in [-0.15, -0.1) is 0 Å². The van der Waals surface area contributed by atoms with Crippen molar-refractivity contribution in [3.63, 3.8) is 0 Å². The molecule has 0 aliphatic carbocycles. The zero-order chi connectivity index (χ0) is 25.1. The summed E-state index contributed by atoms with van der Waals surface area (Å²) < 4.78 is 8.47. The largest absolute Gasteiger partial charge is 0.497 e. The van der Waals surface area contributed by atoms with Gasteiger partial charge in [-0.2, -0.15) is 0 Å². The van der Waals surface area contributed by atoms with Gasteiger partial charge in [0.05, 0.1) is 12.6 Å². The number of hydrogen-bond donors (Lipinski definition) is 0. The molecule has 0 unspecified atom stereocenters. The number of carbonyl (C=O) groups is 1. The first-order valence-corrected chi connectivity index (χ1v) is 12.1. The van der Waals surface area contributed by atoms with Gasteiger partial charge >= 0.3 is 5.69 Å². The molecule has 0 saturated heterocycles. The topological polar surface area (TPSA) is 69.4 Å². The first-order valence-electron chi connectivity index (χ1n) is 12.1. The molecule has 0 N–H and O–H groups in total. The summed E-state index contributed by atoms with van der Waals surface area (Å²) in [7, 11) is 1.63. The highest BCUT2D eigenvalue weighted by Crippen LogP contribution is 2.27. The van der Waals surface area contributed by atoms with Crippen LogP contribution in [-0.4, -0.2) is 32.0 Å². The number of aromatic nitrogens is 3. The average Bonchev–Trinajstić information content (AvgIpc) is 3.43. The van der Waals surface area contributed by atoms with Gasteiger partial charge in [-0.25, -0.2) is 9.78 Å². The second kappa shape index (κ2) is 10.2. The fourth-order valence-corrected chi connectivity index (χ4v) is 4.53. The highest BCUT2D eigenvalue weighted by atomic mass is 16.5. The maximum absolute atomic E-state index is 13.2. The van der Waals surface area contributed by atoms with E-state index in [-0.39, 0.29) is 18.1 Å². The number of fused-ring (bicyclic) bond motifs is 2. The van der Waals surface area contributed by atoms with Crippen molar-refractivity contribution < 1.29 is 9.53 Å². The molecule has 7 nitrogen and oxygen atoms in total. The molecule has 0 saturated carbocycles. The van der Waals surface area contributed by atoms with E-state index in [1.807, 2.05) is 70.2 Å². The minimum absolute atomic E-state index is 0.0375. The van der Waals surface area contributed by atoms with Crippen LogP contribution in [0, 0.1) is 6.92 Å². The predicted molar refractivity (Wildman–Crippen MR) is 138 cm³/mol. The molecule has 1 aliphatic heterocycles. The molecular formula is C28H32N4O3. The second-order valence-electron chi connectivity index (χ2n) is 8.43. The first kappa shape index (κ1) is 24.3. The van der Waals surface area contributed by atoms with Crippen LogP contribution in [0.2, 0.25) is 0 Å². The quantitative estimate of drug-likeness (QED) is 0.420. The predicted octanol–water partition coefficient (Wildman–Crippen LogP) is 4.77. The van der Waals surface area contributed by atoms with Crippen molar-refractivity contribution in [2.75, 3.05) is 7.11 Å². The van der Waals surface area contributed by atoms with Gasteiger partial charge in [0.2, 0.25) is 5.91 Å². The second-order valence-corrected chi connectivity index (χ2v) is 8.43. The summed E-state index contributed by atoms with van der Waals surface area (Å²) in [6.07, 6.45) is 1.77. The minimum atomic E-state index is -0.215. The smallest absolute Gasteiger partial charge is 0.330 e. The number of aryl methyl sites for hydroxylation is 2. The van der Waals surface area contributed by atoms with Crippen LogP contribution in [0.1, 0.15) is 37.5 Å². The molecule has 1 aliphatic rings. The lowest BCUT2D eigenvalue weighted by Crippen LogP contribution is -2.34. The lowest BCUT2D eigenvalue weighted by atomic mass is 10.1. The minimum Gasteiger partial charge on any atom is -0.497 e. The molecule has 2 aromatic heterocycles. The van der Waals surface area contributed by atoms with Crippen LogP contribution in [-0.2, 0) is 31.0 Å². The molecule has 3 heterocycles. The lowest BCUT2D eigenvalue weighted by Gasteiger charge is -2.15. The van der Waals surface area contributed by atoms with Crippen LogP contribution in [0.3, 0.4) is 0 Å². The van der Waals surface area contributed by atoms with Crippen LogP contribution in [0.4, 0.5) is 0 Å². The molecule has 7 heteroatoms. The summed E-state index contributed by atoms with van der Waals surface area (Å²) >= 11 is 0. The molecule has 0 fully saturated rings. The van der Waals surface area contributed by atoms with Gasteiger partial charge in [0.15, 0.2) is 5.65 Å². The third-order valence-electron chi connectivity index (χ3n) is 6.31. The van der Waals surface area contributed by atoms with Gasteiger partial charge in [-0.05, 0) is 48.7 Å². The Morgan fingerprint density at radius 3 is 2.49 bits per heavy atom. The van der Waals surface area contributed by atoms with Crippen molar-refractivity contribution in [1.82, 2.24) is 19.0 Å². The van der Waals surface area contributed by atoms with Crippen molar-refractivity contribution in [1.29, 1.82) is 0 Å². The molecule has 0 radical (unpaired) electrons. The molecule has 0 atom stereocenters. The van der Waals surface area contributed by atoms with E-state index in [2.05, 4.69) is 11.1 Å². The van der Waals surface area contributed by atoms with Crippen molar-refractivity contribution in [2.24, 2.45) is 0 Å². The molecule has 1 amide bonds. The van der Waals surface area contributed by atoms with Crippen LogP contribution in [0.25, 0.3) is 22.3 Å². The number of rotatable bonds is 5. The lowest BCUT2D eigenvalue weighted by molar-refractivity contribution is -0.132. The van der Waals surface area contributed by atoms with Crippen LogP contribution in [0.15, 0.2) is 59.5 Å². The van der Waals surface area contributed by atoms with Crippen molar-refractivity contribution in [3.8, 4) is 16.9 Å². The first-order chi connectivity index (χ1) is 17.0. The normalized spacial score (nSPS) is 12.3. The van der Waals surface area contributed by atoms with Gasteiger partial charge < -0.3 is 9.64 Å². The third kappa shape index (κ3) is 4.58. The Labute approximate surface area is 205 Å². The van der Waals surface area contributed by atoms with Crippen molar-refractivity contribution in [3.05, 3.63) is 81.9 Å². The number of imidazole rings is 1. The number of nitrogens with zero attached hydrogens (tertiary/aromatic N) is 4. The Hall–Kier alpha value is -3.87. The highest BCUT2D eigenvalue weighted by molar-refractivity contribution is 5.82. The van der Waals surface area contributed by atoms with Crippen molar-refractivity contribution in [2.45, 2.75) is 53.9 Å². The molecule has 35 heavy (non-hydrogen) atoms. The van der Waals surface area contributed by atoms with Crippen LogP contribution >= 0.6 is 0 Å². The van der Waals surface area contributed by atoms with Gasteiger partial charge in [-0.3, -0.25) is 13.9 Å². The molecule has 5 rings (SSSR count). The van der Waals surface area contributed by atoms with E-state index in [4.69, 9.17) is 4.74 Å². The molecular weight excluding hydrogens is 440 g/mol. The summed E-state index contributed by atoms with van der Waals surface area (Å²) in [5.41, 5.74) is 6.39. The molecule has 2 aromatic carbocycles. The van der Waals surface area contributed by atoms with Crippen LogP contribution in [0.5, 0.6) is 5.75 Å². The van der Waals surface area contributed by atoms with E-state index in [1.165, 1.54) is 4.57 Å². The Balaban J connectivity index is 0.00000141. The highest BCUT2D eigenvalue weighted by Gasteiger charge is 2.26. The summed E-state index contributed by atoms with van der Waals surface area (Å²) in [4.78, 5) is 32.7. The SMILES string of the molecule is CC.CCn1c(=O)n(CC(=O)N2Cc3ccc(OC)cc3C2)c2ncc(-c3cccc(C)c3)cc21. The standard InChI is InChI=1S/C26H26N4O3.C2H6/c1-4-29-23-12-20(18-7-5-6-17(2)10-18)13-27-25(23)30(26(29)32)16-24(31)28-14-19-8-9-22(33-3)11-21(19)15-28;1-2/h5-13H,4,14-16H2,1-3H3;1-2H3. The fourth-order valence-electron chi connectivity index (χ4n) is 4.53. The van der Waals surface area contributed by atoms with E-state index in [9.17, 15) is 9.59 Å². The molecule has 0 bridgehead atoms. The number of ether oxygens (including phenoxy) is 1. The number of pyridine rings is 1. The summed E-state index contributed by atoms with van der Waals surface area (Å²) in [5.74, 6) is 0.672. The molecule has 4 aromatic rings. The summed E-state index contributed by atoms with van der Waals surface area (Å²) in [6.45, 7) is 9.49. The Bertz CT molecular complexity index is 1430. The van der Waals surface area contributed by atoms with Gasteiger partial charge in [0.1, 0.15) is 12.3 Å². The molecule has 182 valence electrons. The zero-order valence-electron chi connectivity index (χ0n) is 21.0. The van der Waals surface area contributed by atoms with E-state index in [1.54, 1.807) is 22.8 Å². The number of methoxy groups -OCH3 is 1. The summed E-state index contributed by atoms with van der Waals surface area (Å²) in [6, 6.07) is 16.0. The van der Waals surface area contributed by atoms with Crippen LogP contribution < -0.4 is 10.4 Å². The van der Waals surface area contributed by atoms with E-state index >= 15 is 0 Å². The maximum Gasteiger partial charge on any atom is 0.330 e. The monoisotopic (exact) mass is 472 g/mol. The van der Waals surface area contributed by atoms with Crippen molar-refractivity contribution >= 4 is 17.1 Å².